The van der Waals surface area contributed by atoms with E-state index in [0.717, 1.165) is 45.7 Å². The van der Waals surface area contributed by atoms with Crippen molar-refractivity contribution in [2.24, 2.45) is 5.41 Å². The van der Waals surface area contributed by atoms with E-state index < -0.39 is 0 Å². The number of hydrogen-bond donors (Lipinski definition) is 0. The molecule has 0 aliphatic carbocycles. The summed E-state index contributed by atoms with van der Waals surface area (Å²) >= 11 is 0. The molecule has 2 heterocycles. The first kappa shape index (κ1) is 18.4. The van der Waals surface area contributed by atoms with E-state index in [1.54, 1.807) is 0 Å². The molecular formula is C21H33N3O. The Morgan fingerprint density at radius 2 is 1.80 bits per heavy atom. The molecule has 2 saturated heterocycles. The Morgan fingerprint density at radius 1 is 1.12 bits per heavy atom. The van der Waals surface area contributed by atoms with E-state index in [1.807, 2.05) is 0 Å². The predicted octanol–water partition coefficient (Wildman–Crippen LogP) is 2.84. The minimum absolute atomic E-state index is 0.319. The maximum absolute atomic E-state index is 12.5. The van der Waals surface area contributed by atoms with Gasteiger partial charge in [-0.1, -0.05) is 37.3 Å². The van der Waals surface area contributed by atoms with Gasteiger partial charge < -0.3 is 4.90 Å². The Balaban J connectivity index is 1.46. The van der Waals surface area contributed by atoms with Crippen LogP contribution in [0.15, 0.2) is 30.3 Å². The number of amides is 1. The Kier molecular flexibility index (Phi) is 6.13. The Labute approximate surface area is 152 Å². The zero-order valence-corrected chi connectivity index (χ0v) is 15.9. The Hall–Kier alpha value is -1.39. The molecule has 1 aromatic carbocycles. The molecule has 0 aromatic heterocycles. The van der Waals surface area contributed by atoms with Gasteiger partial charge in [0.15, 0.2) is 0 Å². The second-order valence-corrected chi connectivity index (χ2v) is 8.06. The topological polar surface area (TPSA) is 26.8 Å². The quantitative estimate of drug-likeness (QED) is 0.795. The van der Waals surface area contributed by atoms with Crippen LogP contribution in [0, 0.1) is 5.41 Å². The van der Waals surface area contributed by atoms with Crippen molar-refractivity contribution in [3.8, 4) is 0 Å². The summed E-state index contributed by atoms with van der Waals surface area (Å²) in [6, 6.07) is 10.8. The maximum atomic E-state index is 12.5. The van der Waals surface area contributed by atoms with Crippen LogP contribution in [0.4, 0.5) is 0 Å². The van der Waals surface area contributed by atoms with Gasteiger partial charge in [0, 0.05) is 19.6 Å². The number of rotatable bonds is 6. The lowest BCUT2D eigenvalue weighted by molar-refractivity contribution is -0.131. The number of nitrogens with zero attached hydrogens (tertiary/aromatic N) is 3. The molecule has 25 heavy (non-hydrogen) atoms. The van der Waals surface area contributed by atoms with E-state index in [1.165, 1.54) is 24.8 Å². The highest BCUT2D eigenvalue weighted by atomic mass is 16.2. The van der Waals surface area contributed by atoms with E-state index in [0.29, 0.717) is 17.9 Å². The fourth-order valence-electron chi connectivity index (χ4n) is 4.37. The van der Waals surface area contributed by atoms with Crippen molar-refractivity contribution < 1.29 is 4.79 Å². The van der Waals surface area contributed by atoms with Crippen LogP contribution in [-0.4, -0.2) is 66.9 Å². The van der Waals surface area contributed by atoms with Gasteiger partial charge in [-0.05, 0) is 63.3 Å². The van der Waals surface area contributed by atoms with E-state index in [2.05, 4.69) is 59.0 Å². The Morgan fingerprint density at radius 3 is 2.48 bits per heavy atom. The monoisotopic (exact) mass is 343 g/mol. The summed E-state index contributed by atoms with van der Waals surface area (Å²) in [5.74, 6) is 0.319. The van der Waals surface area contributed by atoms with Crippen molar-refractivity contribution in [2.45, 2.75) is 39.2 Å². The van der Waals surface area contributed by atoms with Gasteiger partial charge in [0.25, 0.3) is 0 Å². The molecular weight excluding hydrogens is 310 g/mol. The van der Waals surface area contributed by atoms with Gasteiger partial charge in [0.2, 0.25) is 5.91 Å². The summed E-state index contributed by atoms with van der Waals surface area (Å²) in [6.07, 6.45) is 4.75. The van der Waals surface area contributed by atoms with Crippen LogP contribution >= 0.6 is 0 Å². The second-order valence-electron chi connectivity index (χ2n) is 8.06. The summed E-state index contributed by atoms with van der Waals surface area (Å²) in [7, 11) is 2.05. The van der Waals surface area contributed by atoms with Gasteiger partial charge in [-0.15, -0.1) is 0 Å². The first-order valence-electron chi connectivity index (χ1n) is 9.83. The molecule has 4 nitrogen and oxygen atoms in total. The molecule has 2 fully saturated rings. The number of hydrogen-bond acceptors (Lipinski definition) is 3. The number of carbonyl (C=O) groups is 1. The lowest BCUT2D eigenvalue weighted by Crippen LogP contribution is -2.43. The SMILES string of the molecule is CCCN(C)CC(=O)N1CCC2(CCN(Cc3ccccc3)CC2)C1. The van der Waals surface area contributed by atoms with E-state index in [-0.39, 0.29) is 0 Å². The van der Waals surface area contributed by atoms with Crippen LogP contribution in [0.1, 0.15) is 38.2 Å². The van der Waals surface area contributed by atoms with Crippen LogP contribution in [0.25, 0.3) is 0 Å². The molecule has 4 heteroatoms. The average Bonchev–Trinajstić information content (AvgIpc) is 3.02. The molecule has 0 bridgehead atoms. The summed E-state index contributed by atoms with van der Waals surface area (Å²) in [4.78, 5) is 19.4. The van der Waals surface area contributed by atoms with Crippen molar-refractivity contribution in [3.05, 3.63) is 35.9 Å². The highest BCUT2D eigenvalue weighted by Crippen LogP contribution is 2.40. The van der Waals surface area contributed by atoms with E-state index in [9.17, 15) is 4.79 Å². The number of benzene rings is 1. The van der Waals surface area contributed by atoms with Gasteiger partial charge in [0.05, 0.1) is 6.54 Å². The summed E-state index contributed by atoms with van der Waals surface area (Å²) in [5, 5.41) is 0. The lowest BCUT2D eigenvalue weighted by Gasteiger charge is -2.39. The Bertz CT molecular complexity index is 552. The largest absolute Gasteiger partial charge is 0.341 e. The maximum Gasteiger partial charge on any atom is 0.236 e. The minimum Gasteiger partial charge on any atom is -0.341 e. The highest BCUT2D eigenvalue weighted by Gasteiger charge is 2.41. The van der Waals surface area contributed by atoms with Crippen molar-refractivity contribution in [1.82, 2.24) is 14.7 Å². The molecule has 3 rings (SSSR count). The van der Waals surface area contributed by atoms with Crippen LogP contribution in [-0.2, 0) is 11.3 Å². The number of likely N-dealkylation sites (N-methyl/N-ethyl adjacent to an activating group) is 1. The molecule has 0 N–H and O–H groups in total. The number of carbonyl (C=O) groups excluding carboxylic acids is 1. The molecule has 0 radical (unpaired) electrons. The molecule has 1 aromatic rings. The molecule has 1 amide bonds. The molecule has 2 aliphatic rings. The predicted molar refractivity (Wildman–Crippen MR) is 102 cm³/mol. The molecule has 0 atom stereocenters. The van der Waals surface area contributed by atoms with Crippen molar-refractivity contribution in [2.75, 3.05) is 46.3 Å². The third kappa shape index (κ3) is 4.83. The van der Waals surface area contributed by atoms with Gasteiger partial charge in [-0.2, -0.15) is 0 Å². The normalized spacial score (nSPS) is 20.5. The van der Waals surface area contributed by atoms with Gasteiger partial charge in [-0.25, -0.2) is 0 Å². The third-order valence-electron chi connectivity index (χ3n) is 5.97. The van der Waals surface area contributed by atoms with Crippen molar-refractivity contribution in [1.29, 1.82) is 0 Å². The second kappa shape index (κ2) is 8.33. The summed E-state index contributed by atoms with van der Waals surface area (Å²) < 4.78 is 0. The molecule has 0 saturated carbocycles. The van der Waals surface area contributed by atoms with Crippen LogP contribution < -0.4 is 0 Å². The zero-order valence-electron chi connectivity index (χ0n) is 15.9. The minimum atomic E-state index is 0.319. The summed E-state index contributed by atoms with van der Waals surface area (Å²) in [5.41, 5.74) is 1.78. The average molecular weight is 344 g/mol. The zero-order chi connectivity index (χ0) is 17.7. The van der Waals surface area contributed by atoms with Gasteiger partial charge in [-0.3, -0.25) is 14.6 Å². The number of piperidine rings is 1. The fraction of sp³-hybridized carbons (Fsp3) is 0.667. The first-order chi connectivity index (χ1) is 12.1. The molecule has 0 unspecified atom stereocenters. The van der Waals surface area contributed by atoms with Crippen LogP contribution in [0.3, 0.4) is 0 Å². The standard InChI is InChI=1S/C21H33N3O/c1-3-12-22(2)17-20(25)24-15-11-21(18-24)9-13-23(14-10-21)16-19-7-5-4-6-8-19/h4-8H,3,9-18H2,1-2H3. The number of likely N-dealkylation sites (tertiary alicyclic amines) is 2. The molecule has 2 aliphatic heterocycles. The van der Waals surface area contributed by atoms with Crippen LogP contribution in [0.5, 0.6) is 0 Å². The third-order valence-corrected chi connectivity index (χ3v) is 5.97. The van der Waals surface area contributed by atoms with E-state index in [4.69, 9.17) is 0 Å². The smallest absolute Gasteiger partial charge is 0.236 e. The van der Waals surface area contributed by atoms with Crippen LogP contribution in [0.2, 0.25) is 0 Å². The van der Waals surface area contributed by atoms with E-state index >= 15 is 0 Å². The van der Waals surface area contributed by atoms with Crippen molar-refractivity contribution >= 4 is 5.91 Å². The first-order valence-corrected chi connectivity index (χ1v) is 9.83. The van der Waals surface area contributed by atoms with Crippen molar-refractivity contribution in [3.63, 3.8) is 0 Å². The van der Waals surface area contributed by atoms with Gasteiger partial charge >= 0.3 is 0 Å². The van der Waals surface area contributed by atoms with Gasteiger partial charge in [0.1, 0.15) is 0 Å². The molecule has 1 spiro atoms. The fourth-order valence-corrected chi connectivity index (χ4v) is 4.37. The highest BCUT2D eigenvalue weighted by molar-refractivity contribution is 5.78. The lowest BCUT2D eigenvalue weighted by atomic mass is 9.77. The summed E-state index contributed by atoms with van der Waals surface area (Å²) in [6.45, 7) is 9.04. The molecule has 138 valence electrons.